The van der Waals surface area contributed by atoms with Gasteiger partial charge in [-0.1, -0.05) is 37.1 Å². The quantitative estimate of drug-likeness (QED) is 0.298. The van der Waals surface area contributed by atoms with Gasteiger partial charge in [-0.2, -0.15) is 18.2 Å². The summed E-state index contributed by atoms with van der Waals surface area (Å²) in [5.41, 5.74) is -0.727. The molecule has 0 radical (unpaired) electrons. The number of hydrogen-bond donors (Lipinski definition) is 2. The molecule has 3 amide bonds. The van der Waals surface area contributed by atoms with E-state index in [1.807, 2.05) is 26.0 Å². The monoisotopic (exact) mass is 785 g/mol. The highest BCUT2D eigenvalue weighted by Gasteiger charge is 2.63. The molecule has 5 atom stereocenters. The van der Waals surface area contributed by atoms with Gasteiger partial charge in [-0.3, -0.25) is 23.7 Å². The first-order valence-corrected chi connectivity index (χ1v) is 20.4. The number of allylic oxidation sites excluding steroid dienone is 1. The van der Waals surface area contributed by atoms with Crippen LogP contribution in [-0.4, -0.2) is 79.5 Å². The number of aromatic nitrogens is 4. The zero-order valence-corrected chi connectivity index (χ0v) is 31.8. The molecule has 2 aliphatic heterocycles. The highest BCUT2D eigenvalue weighted by Crippen LogP contribution is 2.47. The average Bonchev–Trinajstić information content (AvgIpc) is 3.95. The summed E-state index contributed by atoms with van der Waals surface area (Å²) in [4.78, 5) is 57.4. The Kier molecular flexibility index (Phi) is 10.2. The summed E-state index contributed by atoms with van der Waals surface area (Å²) in [6.07, 6.45) is 6.07. The van der Waals surface area contributed by atoms with E-state index in [4.69, 9.17) is 4.74 Å². The van der Waals surface area contributed by atoms with Gasteiger partial charge in [-0.05, 0) is 83.4 Å². The SMILES string of the molecule is CC(C)n1c(O[C@@H]2C[C@H]3C(=O)N[C@]4(C(=O)NS(=O)(=O)C5(C)CC5)C[C@@H]4/C=C\CCCCC[C@H](Cc4ccc(C(F)(F)F)cc4)C(=O)N3C2)nc2cncnc21. The Morgan fingerprint density at radius 2 is 1.87 bits per heavy atom. The number of hydrogen-bond acceptors (Lipinski definition) is 9. The van der Waals surface area contributed by atoms with E-state index in [1.54, 1.807) is 17.7 Å². The molecule has 0 spiro atoms. The van der Waals surface area contributed by atoms with Crippen LogP contribution in [0.1, 0.15) is 95.7 Å². The molecule has 296 valence electrons. The number of rotatable bonds is 8. The standard InChI is InChI=1S/C38H46F3N7O6S/c1-23(2)48-31-29(20-42-22-43-31)44-35(48)54-28-18-30-32(49)45-37(34(51)46-55(52,53)36(3)15-16-36)19-27(37)10-8-6-4-5-7-9-25(33(50)47(30)21-28)17-24-11-13-26(14-12-24)38(39,40)41/h8,10-14,20,22-23,25,27-28,30H,4-7,9,15-19,21H2,1-3H3,(H,45,49)(H,46,51)/b10-8-/t25-,27+,28-,30+,37-/m1/s1. The number of halogens is 3. The zero-order valence-electron chi connectivity index (χ0n) is 31.0. The summed E-state index contributed by atoms with van der Waals surface area (Å²) < 4.78 is 75.8. The van der Waals surface area contributed by atoms with Crippen molar-refractivity contribution in [2.24, 2.45) is 11.8 Å². The van der Waals surface area contributed by atoms with Crippen molar-refractivity contribution in [1.29, 1.82) is 0 Å². The number of imidazole rings is 1. The summed E-state index contributed by atoms with van der Waals surface area (Å²) >= 11 is 0. The van der Waals surface area contributed by atoms with E-state index < -0.39 is 67.8 Å². The van der Waals surface area contributed by atoms with Crippen LogP contribution in [0.15, 0.2) is 48.9 Å². The summed E-state index contributed by atoms with van der Waals surface area (Å²) in [6, 6.07) is 3.76. The van der Waals surface area contributed by atoms with Crippen LogP contribution in [0.3, 0.4) is 0 Å². The molecule has 13 nitrogen and oxygen atoms in total. The van der Waals surface area contributed by atoms with Crippen molar-refractivity contribution in [1.82, 2.24) is 34.5 Å². The first kappa shape index (κ1) is 38.7. The minimum absolute atomic E-state index is 0.0112. The number of carbonyl (C=O) groups excluding carboxylic acids is 3. The van der Waals surface area contributed by atoms with Gasteiger partial charge in [-0.25, -0.2) is 18.4 Å². The molecule has 2 aromatic heterocycles. The van der Waals surface area contributed by atoms with Crippen molar-refractivity contribution in [2.75, 3.05) is 6.54 Å². The second-order valence-electron chi connectivity index (χ2n) is 15.9. The van der Waals surface area contributed by atoms with Crippen molar-refractivity contribution in [3.8, 4) is 6.01 Å². The van der Waals surface area contributed by atoms with Gasteiger partial charge in [0.25, 0.3) is 11.9 Å². The second-order valence-corrected chi connectivity index (χ2v) is 18.1. The Morgan fingerprint density at radius 3 is 2.56 bits per heavy atom. The molecule has 3 fully saturated rings. The van der Waals surface area contributed by atoms with Crippen LogP contribution in [0.2, 0.25) is 0 Å². The van der Waals surface area contributed by atoms with Crippen LogP contribution in [0, 0.1) is 11.8 Å². The van der Waals surface area contributed by atoms with Crippen molar-refractivity contribution in [3.63, 3.8) is 0 Å². The minimum atomic E-state index is -4.51. The Balaban J connectivity index is 1.21. The van der Waals surface area contributed by atoms with Crippen LogP contribution < -0.4 is 14.8 Å². The second kappa shape index (κ2) is 14.5. The highest BCUT2D eigenvalue weighted by atomic mass is 32.2. The fourth-order valence-electron chi connectivity index (χ4n) is 7.72. The highest BCUT2D eigenvalue weighted by molar-refractivity contribution is 7.91. The van der Waals surface area contributed by atoms with Gasteiger partial charge in [-0.15, -0.1) is 0 Å². The number of fused-ring (bicyclic) bond motifs is 3. The number of benzene rings is 1. The summed E-state index contributed by atoms with van der Waals surface area (Å²) in [7, 11) is -4.01. The number of nitrogens with one attached hydrogen (secondary N) is 2. The number of amides is 3. The molecule has 2 aliphatic carbocycles. The number of sulfonamides is 1. The van der Waals surface area contributed by atoms with Crippen LogP contribution in [0.4, 0.5) is 13.2 Å². The van der Waals surface area contributed by atoms with Gasteiger partial charge in [0.15, 0.2) is 5.65 Å². The lowest BCUT2D eigenvalue weighted by molar-refractivity contribution is -0.142. The summed E-state index contributed by atoms with van der Waals surface area (Å²) in [5, 5.41) is 2.88. The topological polar surface area (TPSA) is 165 Å². The third-order valence-electron chi connectivity index (χ3n) is 11.5. The number of nitrogens with zero attached hydrogens (tertiary/aromatic N) is 5. The molecule has 1 saturated heterocycles. The van der Waals surface area contributed by atoms with E-state index in [0.29, 0.717) is 48.8 Å². The maximum atomic E-state index is 14.7. The van der Waals surface area contributed by atoms with Gasteiger partial charge in [0.1, 0.15) is 29.5 Å². The lowest BCUT2D eigenvalue weighted by Gasteiger charge is -2.30. The summed E-state index contributed by atoms with van der Waals surface area (Å²) in [6.45, 7) is 5.43. The molecule has 17 heteroatoms. The maximum Gasteiger partial charge on any atom is 0.416 e. The van der Waals surface area contributed by atoms with Crippen LogP contribution in [0.25, 0.3) is 11.2 Å². The first-order chi connectivity index (χ1) is 26.0. The van der Waals surface area contributed by atoms with Crippen molar-refractivity contribution in [2.45, 2.75) is 120 Å². The van der Waals surface area contributed by atoms with Crippen LogP contribution in [-0.2, 0) is 37.0 Å². The molecule has 4 heterocycles. The number of ether oxygens (including phenoxy) is 1. The van der Waals surface area contributed by atoms with E-state index in [9.17, 15) is 36.0 Å². The average molecular weight is 786 g/mol. The normalized spacial score (nSPS) is 27.7. The van der Waals surface area contributed by atoms with Gasteiger partial charge in [0.2, 0.25) is 21.8 Å². The predicted molar refractivity (Wildman–Crippen MR) is 195 cm³/mol. The molecule has 7 rings (SSSR count). The van der Waals surface area contributed by atoms with E-state index in [0.717, 1.165) is 25.0 Å². The molecule has 1 aromatic carbocycles. The van der Waals surface area contributed by atoms with Gasteiger partial charge < -0.3 is 15.0 Å². The smallest absolute Gasteiger partial charge is 0.416 e. The number of alkyl halides is 3. The summed E-state index contributed by atoms with van der Waals surface area (Å²) in [5.74, 6) is -2.94. The van der Waals surface area contributed by atoms with Gasteiger partial charge >= 0.3 is 6.18 Å². The molecule has 0 unspecified atom stereocenters. The fourth-order valence-corrected chi connectivity index (χ4v) is 9.03. The molecular weight excluding hydrogens is 740 g/mol. The zero-order chi connectivity index (χ0) is 39.3. The third kappa shape index (κ3) is 7.81. The number of carbonyl (C=O) groups is 3. The Hall–Kier alpha value is -4.54. The van der Waals surface area contributed by atoms with Crippen molar-refractivity contribution < 1.29 is 40.7 Å². The van der Waals surface area contributed by atoms with Crippen molar-refractivity contribution >= 4 is 38.9 Å². The van der Waals surface area contributed by atoms with Crippen molar-refractivity contribution in [3.05, 3.63) is 60.1 Å². The van der Waals surface area contributed by atoms with E-state index in [2.05, 4.69) is 25.0 Å². The van der Waals surface area contributed by atoms with E-state index in [-0.39, 0.29) is 43.8 Å². The minimum Gasteiger partial charge on any atom is -0.459 e. The first-order valence-electron chi connectivity index (χ1n) is 18.9. The van der Waals surface area contributed by atoms with E-state index >= 15 is 0 Å². The molecule has 4 aliphatic rings. The van der Waals surface area contributed by atoms with Gasteiger partial charge in [0, 0.05) is 24.3 Å². The molecular formula is C38H46F3N7O6S. The lowest BCUT2D eigenvalue weighted by atomic mass is 9.91. The van der Waals surface area contributed by atoms with E-state index in [1.165, 1.54) is 23.4 Å². The Labute approximate surface area is 317 Å². The Bertz CT molecular complexity index is 2100. The lowest BCUT2D eigenvalue weighted by Crippen LogP contribution is -2.57. The predicted octanol–water partition coefficient (Wildman–Crippen LogP) is 5.03. The molecule has 2 N–H and O–H groups in total. The van der Waals surface area contributed by atoms with Crippen LogP contribution >= 0.6 is 0 Å². The van der Waals surface area contributed by atoms with Crippen LogP contribution in [0.5, 0.6) is 6.01 Å². The third-order valence-corrected chi connectivity index (χ3v) is 13.6. The van der Waals surface area contributed by atoms with Gasteiger partial charge in [0.05, 0.1) is 23.1 Å². The molecule has 2 saturated carbocycles. The molecule has 3 aromatic rings. The molecule has 55 heavy (non-hydrogen) atoms. The Morgan fingerprint density at radius 1 is 1.13 bits per heavy atom. The maximum absolute atomic E-state index is 14.7. The largest absolute Gasteiger partial charge is 0.459 e. The molecule has 0 bridgehead atoms. The fraction of sp³-hybridized carbons (Fsp3) is 0.579.